The molecule has 0 radical (unpaired) electrons. The predicted octanol–water partition coefficient (Wildman–Crippen LogP) is 3.59. The third kappa shape index (κ3) is 5.23. The maximum Gasteiger partial charge on any atom is 0.416 e. The van der Waals surface area contributed by atoms with Crippen LogP contribution in [0.25, 0.3) is 0 Å². The molecule has 8 heteroatoms. The van der Waals surface area contributed by atoms with Gasteiger partial charge in [0.25, 0.3) is 0 Å². The SMILES string of the molecule is CCc1nc(CNC(=NC)NCc2ccc(C(F)(F)F)cc2)cs1. The zero-order valence-corrected chi connectivity index (χ0v) is 14.3. The number of nitrogens with zero attached hydrogens (tertiary/aromatic N) is 2. The Bertz CT molecular complexity index is 677. The van der Waals surface area contributed by atoms with E-state index in [1.165, 1.54) is 12.1 Å². The number of aromatic nitrogens is 1. The van der Waals surface area contributed by atoms with E-state index < -0.39 is 11.7 Å². The first-order chi connectivity index (χ1) is 11.4. The summed E-state index contributed by atoms with van der Waals surface area (Å²) in [4.78, 5) is 8.54. The van der Waals surface area contributed by atoms with E-state index in [4.69, 9.17) is 0 Å². The number of hydrogen-bond donors (Lipinski definition) is 2. The van der Waals surface area contributed by atoms with Crippen molar-refractivity contribution in [1.82, 2.24) is 15.6 Å². The Morgan fingerprint density at radius 1 is 1.17 bits per heavy atom. The van der Waals surface area contributed by atoms with E-state index >= 15 is 0 Å². The van der Waals surface area contributed by atoms with Gasteiger partial charge >= 0.3 is 6.18 Å². The molecule has 1 aromatic heterocycles. The first-order valence-corrected chi connectivity index (χ1v) is 8.34. The van der Waals surface area contributed by atoms with E-state index in [9.17, 15) is 13.2 Å². The van der Waals surface area contributed by atoms with E-state index in [2.05, 4.69) is 27.5 Å². The highest BCUT2D eigenvalue weighted by molar-refractivity contribution is 7.09. The number of aliphatic imine (C=N–C) groups is 1. The van der Waals surface area contributed by atoms with E-state index in [-0.39, 0.29) is 0 Å². The summed E-state index contributed by atoms with van der Waals surface area (Å²) in [5, 5.41) is 9.28. The van der Waals surface area contributed by atoms with Crippen LogP contribution in [0.15, 0.2) is 34.6 Å². The topological polar surface area (TPSA) is 49.3 Å². The number of thiazole rings is 1. The molecule has 2 N–H and O–H groups in total. The van der Waals surface area contributed by atoms with Crippen LogP contribution in [-0.4, -0.2) is 18.0 Å². The molecule has 0 aliphatic heterocycles. The second-order valence-electron chi connectivity index (χ2n) is 5.06. The van der Waals surface area contributed by atoms with Gasteiger partial charge in [-0.1, -0.05) is 19.1 Å². The lowest BCUT2D eigenvalue weighted by atomic mass is 10.1. The van der Waals surface area contributed by atoms with E-state index in [1.807, 2.05) is 5.38 Å². The minimum Gasteiger partial charge on any atom is -0.352 e. The zero-order valence-electron chi connectivity index (χ0n) is 13.4. The van der Waals surface area contributed by atoms with Crippen LogP contribution in [0, 0.1) is 0 Å². The molecule has 1 aromatic carbocycles. The average molecular weight is 356 g/mol. The Labute approximate surface area is 142 Å². The molecule has 2 aromatic rings. The number of guanidine groups is 1. The summed E-state index contributed by atoms with van der Waals surface area (Å²) in [7, 11) is 1.64. The maximum absolute atomic E-state index is 12.5. The van der Waals surface area contributed by atoms with Gasteiger partial charge in [-0.05, 0) is 24.1 Å². The van der Waals surface area contributed by atoms with Crippen molar-refractivity contribution in [3.8, 4) is 0 Å². The Kier molecular flexibility index (Phi) is 6.19. The third-order valence-electron chi connectivity index (χ3n) is 3.30. The van der Waals surface area contributed by atoms with Crippen LogP contribution in [0.1, 0.15) is 28.8 Å². The molecular weight excluding hydrogens is 337 g/mol. The molecule has 24 heavy (non-hydrogen) atoms. The van der Waals surface area contributed by atoms with Crippen molar-refractivity contribution in [2.75, 3.05) is 7.05 Å². The highest BCUT2D eigenvalue weighted by Gasteiger charge is 2.29. The van der Waals surface area contributed by atoms with Gasteiger partial charge in [0.05, 0.1) is 22.8 Å². The molecule has 0 unspecified atom stereocenters. The van der Waals surface area contributed by atoms with Crippen molar-refractivity contribution in [3.05, 3.63) is 51.5 Å². The van der Waals surface area contributed by atoms with Crippen molar-refractivity contribution >= 4 is 17.3 Å². The van der Waals surface area contributed by atoms with Crippen LogP contribution < -0.4 is 10.6 Å². The number of aryl methyl sites for hydroxylation is 1. The van der Waals surface area contributed by atoms with Crippen molar-refractivity contribution < 1.29 is 13.2 Å². The van der Waals surface area contributed by atoms with Gasteiger partial charge in [-0.25, -0.2) is 4.98 Å². The summed E-state index contributed by atoms with van der Waals surface area (Å²) in [5.74, 6) is 0.570. The van der Waals surface area contributed by atoms with E-state index in [0.717, 1.165) is 34.8 Å². The van der Waals surface area contributed by atoms with Gasteiger partial charge < -0.3 is 10.6 Å². The van der Waals surface area contributed by atoms with Gasteiger partial charge in [0.2, 0.25) is 0 Å². The fraction of sp³-hybridized carbons (Fsp3) is 0.375. The average Bonchev–Trinajstić information content (AvgIpc) is 3.02. The zero-order chi connectivity index (χ0) is 17.6. The van der Waals surface area contributed by atoms with Crippen LogP contribution in [0.5, 0.6) is 0 Å². The molecule has 1 heterocycles. The number of hydrogen-bond acceptors (Lipinski definition) is 3. The summed E-state index contributed by atoms with van der Waals surface area (Å²) in [6.07, 6.45) is -3.40. The molecule has 0 aliphatic rings. The van der Waals surface area contributed by atoms with Crippen LogP contribution in [0.4, 0.5) is 13.2 Å². The van der Waals surface area contributed by atoms with Crippen molar-refractivity contribution in [2.24, 2.45) is 4.99 Å². The first-order valence-electron chi connectivity index (χ1n) is 7.46. The standard InChI is InChI=1S/C16H19F3N4S/c1-3-14-23-13(10-24-14)9-22-15(20-2)21-8-11-4-6-12(7-5-11)16(17,18)19/h4-7,10H,3,8-9H2,1-2H3,(H2,20,21,22). The lowest BCUT2D eigenvalue weighted by Crippen LogP contribution is -2.36. The van der Waals surface area contributed by atoms with Gasteiger partial charge in [-0.15, -0.1) is 11.3 Å². The number of alkyl halides is 3. The molecule has 0 amide bonds. The van der Waals surface area contributed by atoms with E-state index in [0.29, 0.717) is 19.0 Å². The number of rotatable bonds is 5. The third-order valence-corrected chi connectivity index (χ3v) is 4.35. The van der Waals surface area contributed by atoms with Crippen LogP contribution >= 0.6 is 11.3 Å². The van der Waals surface area contributed by atoms with E-state index in [1.54, 1.807) is 18.4 Å². The van der Waals surface area contributed by atoms with Crippen molar-refractivity contribution in [2.45, 2.75) is 32.6 Å². The van der Waals surface area contributed by atoms with Crippen LogP contribution in [-0.2, 0) is 25.7 Å². The highest BCUT2D eigenvalue weighted by Crippen LogP contribution is 2.29. The Balaban J connectivity index is 1.85. The highest BCUT2D eigenvalue weighted by atomic mass is 32.1. The van der Waals surface area contributed by atoms with Gasteiger partial charge in [0.1, 0.15) is 0 Å². The normalized spacial score (nSPS) is 12.3. The molecule has 0 saturated carbocycles. The predicted molar refractivity (Wildman–Crippen MR) is 90.0 cm³/mol. The molecule has 4 nitrogen and oxygen atoms in total. The van der Waals surface area contributed by atoms with Gasteiger partial charge in [-0.3, -0.25) is 4.99 Å². The van der Waals surface area contributed by atoms with Crippen molar-refractivity contribution in [3.63, 3.8) is 0 Å². The number of benzene rings is 1. The second kappa shape index (κ2) is 8.14. The molecule has 0 atom stereocenters. The number of halogens is 3. The van der Waals surface area contributed by atoms with Crippen LogP contribution in [0.2, 0.25) is 0 Å². The monoisotopic (exact) mass is 356 g/mol. The fourth-order valence-electron chi connectivity index (χ4n) is 1.98. The van der Waals surface area contributed by atoms with Crippen molar-refractivity contribution in [1.29, 1.82) is 0 Å². The lowest BCUT2D eigenvalue weighted by Gasteiger charge is -2.12. The lowest BCUT2D eigenvalue weighted by molar-refractivity contribution is -0.137. The first kappa shape index (κ1) is 18.3. The summed E-state index contributed by atoms with van der Waals surface area (Å²) < 4.78 is 37.6. The minimum absolute atomic E-state index is 0.384. The number of nitrogens with one attached hydrogen (secondary N) is 2. The summed E-state index contributed by atoms with van der Waals surface area (Å²) >= 11 is 1.62. The minimum atomic E-state index is -4.31. The molecule has 0 aliphatic carbocycles. The summed E-state index contributed by atoms with van der Waals surface area (Å²) in [6, 6.07) is 5.07. The van der Waals surface area contributed by atoms with Gasteiger partial charge in [0.15, 0.2) is 5.96 Å². The van der Waals surface area contributed by atoms with Gasteiger partial charge in [0, 0.05) is 19.0 Å². The Morgan fingerprint density at radius 2 is 1.83 bits per heavy atom. The fourth-order valence-corrected chi connectivity index (χ4v) is 2.73. The quantitative estimate of drug-likeness (QED) is 0.636. The summed E-state index contributed by atoms with van der Waals surface area (Å²) in [5.41, 5.74) is 1.03. The maximum atomic E-state index is 12.5. The molecule has 2 rings (SSSR count). The Hall–Kier alpha value is -2.09. The second-order valence-corrected chi connectivity index (χ2v) is 6.00. The van der Waals surface area contributed by atoms with Gasteiger partial charge in [-0.2, -0.15) is 13.2 Å². The Morgan fingerprint density at radius 3 is 2.38 bits per heavy atom. The molecule has 0 fully saturated rings. The molecule has 0 bridgehead atoms. The van der Waals surface area contributed by atoms with Crippen LogP contribution in [0.3, 0.4) is 0 Å². The molecular formula is C16H19F3N4S. The largest absolute Gasteiger partial charge is 0.416 e. The molecule has 0 spiro atoms. The smallest absolute Gasteiger partial charge is 0.352 e. The summed E-state index contributed by atoms with van der Waals surface area (Å²) in [6.45, 7) is 2.98. The molecule has 130 valence electrons. The molecule has 0 saturated heterocycles.